The van der Waals surface area contributed by atoms with Crippen LogP contribution in [0.4, 0.5) is 5.82 Å². The first kappa shape index (κ1) is 12.2. The molecule has 1 saturated heterocycles. The van der Waals surface area contributed by atoms with E-state index in [4.69, 9.17) is 0 Å². The van der Waals surface area contributed by atoms with Crippen molar-refractivity contribution >= 4 is 23.5 Å². The molecule has 2 N–H and O–H groups in total. The first-order valence-electron chi connectivity index (χ1n) is 5.68. The predicted molar refractivity (Wildman–Crippen MR) is 69.4 cm³/mol. The van der Waals surface area contributed by atoms with E-state index < -0.39 is 0 Å². The summed E-state index contributed by atoms with van der Waals surface area (Å²) < 4.78 is 0. The number of carbonyl (C=O) groups is 1. The fourth-order valence-corrected chi connectivity index (χ4v) is 2.78. The zero-order valence-corrected chi connectivity index (χ0v) is 10.6. The van der Waals surface area contributed by atoms with Crippen molar-refractivity contribution < 1.29 is 4.79 Å². The maximum atomic E-state index is 11.9. The number of aromatic nitrogens is 2. The third kappa shape index (κ3) is 3.33. The molecule has 0 bridgehead atoms. The van der Waals surface area contributed by atoms with Crippen molar-refractivity contribution in [3.63, 3.8) is 0 Å². The topological polar surface area (TPSA) is 66.9 Å². The van der Waals surface area contributed by atoms with Gasteiger partial charge in [0.2, 0.25) is 0 Å². The van der Waals surface area contributed by atoms with Crippen LogP contribution >= 0.6 is 11.8 Å². The van der Waals surface area contributed by atoms with Crippen molar-refractivity contribution in [1.82, 2.24) is 15.3 Å². The standard InChI is InChI=1S/C11H16N4OS/c1-12-10-6-13-5-9(15-10)11(16)14-8-3-2-4-17-7-8/h5-6,8H,2-4,7H2,1H3,(H,12,15)(H,14,16). The maximum absolute atomic E-state index is 11.9. The van der Waals surface area contributed by atoms with Gasteiger partial charge in [-0.05, 0) is 18.6 Å². The first-order valence-corrected chi connectivity index (χ1v) is 6.83. The lowest BCUT2D eigenvalue weighted by Gasteiger charge is -2.22. The maximum Gasteiger partial charge on any atom is 0.271 e. The molecule has 92 valence electrons. The van der Waals surface area contributed by atoms with Gasteiger partial charge in [0.1, 0.15) is 11.5 Å². The second-order valence-electron chi connectivity index (χ2n) is 3.93. The van der Waals surface area contributed by atoms with E-state index in [-0.39, 0.29) is 11.9 Å². The Kier molecular flexibility index (Phi) is 4.19. The van der Waals surface area contributed by atoms with Crippen molar-refractivity contribution in [3.8, 4) is 0 Å². The minimum Gasteiger partial charge on any atom is -0.372 e. The van der Waals surface area contributed by atoms with Crippen LogP contribution in [0.2, 0.25) is 0 Å². The summed E-state index contributed by atoms with van der Waals surface area (Å²) in [6.45, 7) is 0. The van der Waals surface area contributed by atoms with Crippen LogP contribution in [-0.4, -0.2) is 40.5 Å². The lowest BCUT2D eigenvalue weighted by molar-refractivity contribution is 0.0933. The minimum atomic E-state index is -0.137. The van der Waals surface area contributed by atoms with E-state index >= 15 is 0 Å². The molecule has 6 heteroatoms. The van der Waals surface area contributed by atoms with Crippen LogP contribution in [0, 0.1) is 0 Å². The van der Waals surface area contributed by atoms with Gasteiger partial charge in [-0.2, -0.15) is 11.8 Å². The van der Waals surface area contributed by atoms with E-state index in [1.54, 1.807) is 13.2 Å². The summed E-state index contributed by atoms with van der Waals surface area (Å²) in [7, 11) is 1.75. The molecule has 0 saturated carbocycles. The number of amides is 1. The molecule has 1 aliphatic heterocycles. The highest BCUT2D eigenvalue weighted by atomic mass is 32.2. The smallest absolute Gasteiger partial charge is 0.271 e. The molecule has 1 aromatic rings. The average molecular weight is 252 g/mol. The van der Waals surface area contributed by atoms with Gasteiger partial charge in [0.15, 0.2) is 0 Å². The highest BCUT2D eigenvalue weighted by Crippen LogP contribution is 2.17. The average Bonchev–Trinajstić information content (AvgIpc) is 2.40. The van der Waals surface area contributed by atoms with Crippen molar-refractivity contribution in [2.24, 2.45) is 0 Å². The Balaban J connectivity index is 1.98. The zero-order chi connectivity index (χ0) is 12.1. The van der Waals surface area contributed by atoms with E-state index in [1.807, 2.05) is 11.8 Å². The normalized spacial score (nSPS) is 19.7. The highest BCUT2D eigenvalue weighted by molar-refractivity contribution is 7.99. The van der Waals surface area contributed by atoms with Crippen LogP contribution in [0.15, 0.2) is 12.4 Å². The monoisotopic (exact) mass is 252 g/mol. The predicted octanol–water partition coefficient (Wildman–Crippen LogP) is 1.14. The van der Waals surface area contributed by atoms with Crippen LogP contribution in [0.3, 0.4) is 0 Å². The van der Waals surface area contributed by atoms with Crippen LogP contribution in [0.1, 0.15) is 23.3 Å². The van der Waals surface area contributed by atoms with Crippen molar-refractivity contribution in [2.45, 2.75) is 18.9 Å². The third-order valence-electron chi connectivity index (χ3n) is 2.62. The summed E-state index contributed by atoms with van der Waals surface area (Å²) >= 11 is 1.88. The Hall–Kier alpha value is -1.30. The minimum absolute atomic E-state index is 0.137. The van der Waals surface area contributed by atoms with Crippen molar-refractivity contribution in [3.05, 3.63) is 18.1 Å². The summed E-state index contributed by atoms with van der Waals surface area (Å²) in [6, 6.07) is 0.265. The van der Waals surface area contributed by atoms with Crippen molar-refractivity contribution in [2.75, 3.05) is 23.9 Å². The first-order chi connectivity index (χ1) is 8.29. The molecule has 1 unspecified atom stereocenters. The molecule has 1 amide bonds. The van der Waals surface area contributed by atoms with E-state index in [0.29, 0.717) is 11.5 Å². The number of hydrogen-bond donors (Lipinski definition) is 2. The highest BCUT2D eigenvalue weighted by Gasteiger charge is 2.17. The summed E-state index contributed by atoms with van der Waals surface area (Å²) in [6.07, 6.45) is 5.30. The third-order valence-corrected chi connectivity index (χ3v) is 3.83. The van der Waals surface area contributed by atoms with Gasteiger partial charge in [-0.15, -0.1) is 0 Å². The summed E-state index contributed by atoms with van der Waals surface area (Å²) in [5.41, 5.74) is 0.368. The van der Waals surface area contributed by atoms with Crippen LogP contribution in [-0.2, 0) is 0 Å². The van der Waals surface area contributed by atoms with Gasteiger partial charge in [0, 0.05) is 18.8 Å². The second-order valence-corrected chi connectivity index (χ2v) is 5.08. The van der Waals surface area contributed by atoms with Gasteiger partial charge < -0.3 is 10.6 Å². The van der Waals surface area contributed by atoms with Crippen molar-refractivity contribution in [1.29, 1.82) is 0 Å². The number of carbonyl (C=O) groups excluding carboxylic acids is 1. The molecule has 2 rings (SSSR count). The molecule has 1 aliphatic rings. The largest absolute Gasteiger partial charge is 0.372 e. The fraction of sp³-hybridized carbons (Fsp3) is 0.545. The van der Waals surface area contributed by atoms with Gasteiger partial charge in [-0.3, -0.25) is 9.78 Å². The van der Waals surface area contributed by atoms with E-state index in [1.165, 1.54) is 11.9 Å². The number of thioether (sulfide) groups is 1. The van der Waals surface area contributed by atoms with E-state index in [9.17, 15) is 4.79 Å². The second kappa shape index (κ2) is 5.86. The molecule has 0 aromatic carbocycles. The number of anilines is 1. The molecular formula is C11H16N4OS. The quantitative estimate of drug-likeness (QED) is 0.844. The molecule has 0 aliphatic carbocycles. The van der Waals surface area contributed by atoms with Crippen LogP contribution in [0.5, 0.6) is 0 Å². The molecule has 1 atom stereocenters. The fourth-order valence-electron chi connectivity index (χ4n) is 1.71. The number of hydrogen-bond acceptors (Lipinski definition) is 5. The lowest BCUT2D eigenvalue weighted by atomic mass is 10.2. The Morgan fingerprint density at radius 3 is 3.12 bits per heavy atom. The molecule has 17 heavy (non-hydrogen) atoms. The Morgan fingerprint density at radius 1 is 1.53 bits per heavy atom. The molecule has 1 fully saturated rings. The van der Waals surface area contributed by atoms with Gasteiger partial charge in [0.05, 0.1) is 12.4 Å². The molecule has 0 spiro atoms. The molecule has 5 nitrogen and oxygen atoms in total. The van der Waals surface area contributed by atoms with Gasteiger partial charge in [-0.1, -0.05) is 0 Å². The van der Waals surface area contributed by atoms with Gasteiger partial charge in [0.25, 0.3) is 5.91 Å². The summed E-state index contributed by atoms with van der Waals surface area (Å²) in [4.78, 5) is 20.1. The number of rotatable bonds is 3. The number of nitrogens with zero attached hydrogens (tertiary/aromatic N) is 2. The van der Waals surface area contributed by atoms with E-state index in [0.717, 1.165) is 18.6 Å². The lowest BCUT2D eigenvalue weighted by Crippen LogP contribution is -2.38. The summed E-state index contributed by atoms with van der Waals surface area (Å²) in [5.74, 6) is 2.66. The zero-order valence-electron chi connectivity index (χ0n) is 9.77. The molecule has 0 radical (unpaired) electrons. The van der Waals surface area contributed by atoms with Crippen LogP contribution < -0.4 is 10.6 Å². The van der Waals surface area contributed by atoms with Gasteiger partial charge in [-0.25, -0.2) is 4.98 Å². The molecule has 2 heterocycles. The number of nitrogens with one attached hydrogen (secondary N) is 2. The summed E-state index contributed by atoms with van der Waals surface area (Å²) in [5, 5.41) is 5.86. The Bertz CT molecular complexity index is 393. The SMILES string of the molecule is CNc1cncc(C(=O)NC2CCCSC2)n1. The Morgan fingerprint density at radius 2 is 2.41 bits per heavy atom. The Labute approximate surface area is 105 Å². The van der Waals surface area contributed by atoms with E-state index in [2.05, 4.69) is 20.6 Å². The molecule has 1 aromatic heterocycles. The van der Waals surface area contributed by atoms with Gasteiger partial charge >= 0.3 is 0 Å². The van der Waals surface area contributed by atoms with Crippen LogP contribution in [0.25, 0.3) is 0 Å². The molecular weight excluding hydrogens is 236 g/mol.